The van der Waals surface area contributed by atoms with E-state index in [2.05, 4.69) is 11.4 Å². The topological polar surface area (TPSA) is 77.8 Å². The number of benzene rings is 2. The second-order valence-corrected chi connectivity index (χ2v) is 7.21. The molecule has 0 bridgehead atoms. The molecule has 0 unspecified atom stereocenters. The summed E-state index contributed by atoms with van der Waals surface area (Å²) in [4.78, 5) is 24.8. The van der Waals surface area contributed by atoms with Gasteiger partial charge in [-0.25, -0.2) is 4.79 Å². The molecule has 0 aliphatic heterocycles. The van der Waals surface area contributed by atoms with Crippen molar-refractivity contribution in [3.8, 4) is 5.75 Å². The molecule has 1 aliphatic rings. The summed E-state index contributed by atoms with van der Waals surface area (Å²) in [6.45, 7) is 1.43. The summed E-state index contributed by atoms with van der Waals surface area (Å²) in [5.41, 5.74) is 3.62. The molecule has 0 radical (unpaired) electrons. The van der Waals surface area contributed by atoms with Crippen molar-refractivity contribution in [1.82, 2.24) is 5.32 Å². The molecule has 0 fully saturated rings. The van der Waals surface area contributed by atoms with Crippen LogP contribution >= 0.6 is 0 Å². The van der Waals surface area contributed by atoms with Gasteiger partial charge in [0.25, 0.3) is 5.91 Å². The summed E-state index contributed by atoms with van der Waals surface area (Å²) in [7, 11) is 1.58. The van der Waals surface area contributed by atoms with Gasteiger partial charge in [-0.3, -0.25) is 4.79 Å². The molecule has 1 heterocycles. The maximum Gasteiger partial charge on any atom is 0.375 e. The van der Waals surface area contributed by atoms with Crippen LogP contribution in [0, 0.1) is 6.92 Å². The van der Waals surface area contributed by atoms with Crippen molar-refractivity contribution in [1.29, 1.82) is 0 Å². The van der Waals surface area contributed by atoms with E-state index in [1.54, 1.807) is 32.2 Å². The zero-order valence-electron chi connectivity index (χ0n) is 16.5. The number of methoxy groups -OCH3 is 1. The monoisotopic (exact) mass is 393 g/mol. The van der Waals surface area contributed by atoms with Gasteiger partial charge in [-0.05, 0) is 55.5 Å². The maximum atomic E-state index is 12.5. The fourth-order valence-corrected chi connectivity index (χ4v) is 3.86. The van der Waals surface area contributed by atoms with Crippen molar-refractivity contribution in [2.45, 2.75) is 32.2 Å². The van der Waals surface area contributed by atoms with Gasteiger partial charge in [-0.1, -0.05) is 24.3 Å². The number of fused-ring (bicyclic) bond motifs is 2. The second-order valence-electron chi connectivity index (χ2n) is 7.21. The highest BCUT2D eigenvalue weighted by Gasteiger charge is 2.23. The van der Waals surface area contributed by atoms with Crippen LogP contribution in [0.4, 0.5) is 0 Å². The molecule has 0 spiro atoms. The Kier molecular flexibility index (Phi) is 5.25. The van der Waals surface area contributed by atoms with Crippen LogP contribution < -0.4 is 10.1 Å². The summed E-state index contributed by atoms with van der Waals surface area (Å²) in [5.74, 6) is -0.204. The molecular formula is C23H23NO5. The second kappa shape index (κ2) is 7.99. The van der Waals surface area contributed by atoms with Crippen LogP contribution in [0.3, 0.4) is 0 Å². The van der Waals surface area contributed by atoms with Crippen molar-refractivity contribution in [2.75, 3.05) is 13.7 Å². The summed E-state index contributed by atoms with van der Waals surface area (Å²) >= 11 is 0. The highest BCUT2D eigenvalue weighted by Crippen LogP contribution is 2.30. The van der Waals surface area contributed by atoms with Gasteiger partial charge in [0.05, 0.1) is 13.2 Å². The van der Waals surface area contributed by atoms with Crippen LogP contribution in [0.5, 0.6) is 5.75 Å². The molecular weight excluding hydrogens is 370 g/mol. The van der Waals surface area contributed by atoms with Gasteiger partial charge in [0.2, 0.25) is 5.76 Å². The molecule has 6 heteroatoms. The summed E-state index contributed by atoms with van der Waals surface area (Å²) < 4.78 is 16.0. The Labute approximate surface area is 168 Å². The number of amides is 1. The molecule has 1 N–H and O–H groups in total. The van der Waals surface area contributed by atoms with E-state index in [0.29, 0.717) is 16.9 Å². The zero-order valence-corrected chi connectivity index (χ0v) is 16.5. The van der Waals surface area contributed by atoms with Crippen LogP contribution in [0.1, 0.15) is 46.1 Å². The van der Waals surface area contributed by atoms with E-state index in [4.69, 9.17) is 13.9 Å². The van der Waals surface area contributed by atoms with Gasteiger partial charge in [-0.2, -0.15) is 0 Å². The Bertz CT molecular complexity index is 1070. The highest BCUT2D eigenvalue weighted by atomic mass is 16.5. The minimum absolute atomic E-state index is 0.0495. The first-order valence-corrected chi connectivity index (χ1v) is 9.68. The van der Waals surface area contributed by atoms with E-state index in [1.165, 1.54) is 5.56 Å². The van der Waals surface area contributed by atoms with E-state index in [1.807, 2.05) is 18.2 Å². The lowest BCUT2D eigenvalue weighted by molar-refractivity contribution is -0.125. The third kappa shape index (κ3) is 3.83. The van der Waals surface area contributed by atoms with Crippen LogP contribution in [0.2, 0.25) is 0 Å². The molecule has 1 atom stereocenters. The number of hydrogen-bond donors (Lipinski definition) is 1. The Morgan fingerprint density at radius 1 is 1.21 bits per heavy atom. The standard InChI is InChI=1S/C23H23NO5/c1-14-18-12-16(27-2)10-11-20(18)29-22(14)23(26)28-13-21(25)24-19-9-5-7-15-6-3-4-8-17(15)19/h3-4,6,8,10-12,19H,5,7,9,13H2,1-2H3,(H,24,25)/t19-/m0/s1. The van der Waals surface area contributed by atoms with Crippen molar-refractivity contribution in [2.24, 2.45) is 0 Å². The third-order valence-electron chi connectivity index (χ3n) is 5.37. The number of ether oxygens (including phenoxy) is 2. The first kappa shape index (κ1) is 19.1. The largest absolute Gasteiger partial charge is 0.497 e. The van der Waals surface area contributed by atoms with Gasteiger partial charge in [0.1, 0.15) is 11.3 Å². The number of furan rings is 1. The summed E-state index contributed by atoms with van der Waals surface area (Å²) in [6, 6.07) is 13.4. The zero-order chi connectivity index (χ0) is 20.4. The van der Waals surface area contributed by atoms with E-state index < -0.39 is 5.97 Å². The van der Waals surface area contributed by atoms with Crippen molar-refractivity contribution < 1.29 is 23.5 Å². The average molecular weight is 393 g/mol. The van der Waals surface area contributed by atoms with Crippen molar-refractivity contribution >= 4 is 22.8 Å². The maximum absolute atomic E-state index is 12.5. The molecule has 0 saturated carbocycles. The van der Waals surface area contributed by atoms with Crippen LogP contribution in [-0.4, -0.2) is 25.6 Å². The number of nitrogens with one attached hydrogen (secondary N) is 1. The fraction of sp³-hybridized carbons (Fsp3) is 0.304. The number of rotatable bonds is 5. The minimum Gasteiger partial charge on any atom is -0.497 e. The molecule has 3 aromatic rings. The Hall–Kier alpha value is -3.28. The highest BCUT2D eigenvalue weighted by molar-refractivity contribution is 5.97. The predicted molar refractivity (Wildman–Crippen MR) is 108 cm³/mol. The minimum atomic E-state index is -0.656. The lowest BCUT2D eigenvalue weighted by atomic mass is 9.88. The number of carbonyl (C=O) groups excluding carboxylic acids is 2. The van der Waals surface area contributed by atoms with Gasteiger partial charge in [-0.15, -0.1) is 0 Å². The molecule has 6 nitrogen and oxygen atoms in total. The molecule has 1 aliphatic carbocycles. The SMILES string of the molecule is COc1ccc2oc(C(=O)OCC(=O)N[C@H]3CCCc4ccccc43)c(C)c2c1. The normalized spacial score (nSPS) is 15.6. The quantitative estimate of drug-likeness (QED) is 0.661. The van der Waals surface area contributed by atoms with Crippen LogP contribution in [-0.2, 0) is 16.0 Å². The molecule has 1 amide bonds. The van der Waals surface area contributed by atoms with Gasteiger partial charge >= 0.3 is 5.97 Å². The lowest BCUT2D eigenvalue weighted by Gasteiger charge is -2.26. The van der Waals surface area contributed by atoms with Crippen molar-refractivity contribution in [3.05, 3.63) is 64.9 Å². The Morgan fingerprint density at radius 3 is 2.86 bits per heavy atom. The first-order valence-electron chi connectivity index (χ1n) is 9.68. The Balaban J connectivity index is 1.41. The third-order valence-corrected chi connectivity index (χ3v) is 5.37. The Morgan fingerprint density at radius 2 is 2.03 bits per heavy atom. The van der Waals surface area contributed by atoms with E-state index in [-0.39, 0.29) is 24.3 Å². The molecule has 1 aromatic heterocycles. The van der Waals surface area contributed by atoms with Crippen molar-refractivity contribution in [3.63, 3.8) is 0 Å². The van der Waals surface area contributed by atoms with Crippen LogP contribution in [0.25, 0.3) is 11.0 Å². The fourth-order valence-electron chi connectivity index (χ4n) is 3.86. The summed E-state index contributed by atoms with van der Waals surface area (Å²) in [5, 5.41) is 3.75. The van der Waals surface area contributed by atoms with E-state index in [9.17, 15) is 9.59 Å². The number of aryl methyl sites for hydroxylation is 2. The summed E-state index contributed by atoms with van der Waals surface area (Å²) in [6.07, 6.45) is 2.91. The predicted octanol–water partition coefficient (Wildman–Crippen LogP) is 4.10. The molecule has 0 saturated heterocycles. The number of esters is 1. The number of hydrogen-bond acceptors (Lipinski definition) is 5. The molecule has 4 rings (SSSR count). The lowest BCUT2D eigenvalue weighted by Crippen LogP contribution is -2.34. The molecule has 29 heavy (non-hydrogen) atoms. The van der Waals surface area contributed by atoms with E-state index in [0.717, 1.165) is 30.2 Å². The average Bonchev–Trinajstić information content (AvgIpc) is 3.08. The van der Waals surface area contributed by atoms with Gasteiger partial charge in [0, 0.05) is 10.9 Å². The first-order chi connectivity index (χ1) is 14.1. The van der Waals surface area contributed by atoms with Gasteiger partial charge in [0.15, 0.2) is 6.61 Å². The smallest absolute Gasteiger partial charge is 0.375 e. The molecule has 2 aromatic carbocycles. The molecule has 150 valence electrons. The number of carbonyl (C=O) groups is 2. The van der Waals surface area contributed by atoms with E-state index >= 15 is 0 Å². The van der Waals surface area contributed by atoms with Gasteiger partial charge < -0.3 is 19.2 Å². The van der Waals surface area contributed by atoms with Crippen LogP contribution in [0.15, 0.2) is 46.9 Å².